The molecule has 0 radical (unpaired) electrons. The van der Waals surface area contributed by atoms with E-state index in [0.29, 0.717) is 0 Å². The highest BCUT2D eigenvalue weighted by molar-refractivity contribution is 5.92. The van der Waals surface area contributed by atoms with Gasteiger partial charge in [-0.1, -0.05) is 48.5 Å². The summed E-state index contributed by atoms with van der Waals surface area (Å²) >= 11 is 0. The molecule has 3 aliphatic rings. The van der Waals surface area contributed by atoms with Crippen LogP contribution >= 0.6 is 0 Å². The monoisotopic (exact) mass is 358 g/mol. The van der Waals surface area contributed by atoms with E-state index in [4.69, 9.17) is 0 Å². The van der Waals surface area contributed by atoms with Gasteiger partial charge in [0.2, 0.25) is 0 Å². The molecule has 1 aromatic heterocycles. The standard InChI is InChI=1S/C26H18N2/c1-2-7-20-16(4-1)13-22-21(20)8-9-25-23(22)14-18-6-3-5-17-12-19-15-27-11-10-24(19)28(25)26(17)18/h1-11,15H,12-14H2. The zero-order chi connectivity index (χ0) is 18.2. The van der Waals surface area contributed by atoms with E-state index in [1.807, 2.05) is 12.4 Å². The zero-order valence-electron chi connectivity index (χ0n) is 15.4. The largest absolute Gasteiger partial charge is 0.309 e. The molecule has 0 saturated heterocycles. The van der Waals surface area contributed by atoms with Crippen LogP contribution in [0, 0.1) is 0 Å². The molecule has 2 heteroatoms. The lowest BCUT2D eigenvalue weighted by atomic mass is 9.84. The molecule has 0 N–H and O–H groups in total. The molecule has 0 amide bonds. The molecule has 0 unspecified atom stereocenters. The molecule has 0 saturated carbocycles. The second kappa shape index (κ2) is 5.11. The van der Waals surface area contributed by atoms with Crippen molar-refractivity contribution in [2.75, 3.05) is 4.90 Å². The first-order valence-electron chi connectivity index (χ1n) is 9.95. The quantitative estimate of drug-likeness (QED) is 0.334. The second-order valence-corrected chi connectivity index (χ2v) is 8.04. The molecule has 132 valence electrons. The predicted octanol–water partition coefficient (Wildman–Crippen LogP) is 5.93. The van der Waals surface area contributed by atoms with Crippen molar-refractivity contribution in [2.45, 2.75) is 19.3 Å². The smallest absolute Gasteiger partial charge is 0.0532 e. The zero-order valence-corrected chi connectivity index (χ0v) is 15.4. The van der Waals surface area contributed by atoms with Gasteiger partial charge in [0.1, 0.15) is 0 Å². The third-order valence-electron chi connectivity index (χ3n) is 6.62. The SMILES string of the molecule is c1ccc2c(c1)Cc1c-2ccc2c1Cc1cccc3c1N2c1ccncc1C3. The number of nitrogens with zero attached hydrogens (tertiary/aromatic N) is 2. The van der Waals surface area contributed by atoms with E-state index < -0.39 is 0 Å². The van der Waals surface area contributed by atoms with Crippen LogP contribution in [0.4, 0.5) is 17.1 Å². The van der Waals surface area contributed by atoms with Gasteiger partial charge in [-0.3, -0.25) is 4.98 Å². The Morgan fingerprint density at radius 1 is 0.607 bits per heavy atom. The molecule has 1 aliphatic carbocycles. The van der Waals surface area contributed by atoms with Gasteiger partial charge in [-0.15, -0.1) is 0 Å². The summed E-state index contributed by atoms with van der Waals surface area (Å²) in [4.78, 5) is 6.89. The molecular formula is C26H18N2. The molecule has 0 fully saturated rings. The van der Waals surface area contributed by atoms with E-state index in [9.17, 15) is 0 Å². The maximum Gasteiger partial charge on any atom is 0.0532 e. The first-order chi connectivity index (χ1) is 13.9. The summed E-state index contributed by atoms with van der Waals surface area (Å²) in [5, 5.41) is 0. The van der Waals surface area contributed by atoms with E-state index in [1.165, 1.54) is 61.6 Å². The van der Waals surface area contributed by atoms with E-state index in [0.717, 1.165) is 19.3 Å². The van der Waals surface area contributed by atoms with Gasteiger partial charge in [-0.05, 0) is 63.1 Å². The predicted molar refractivity (Wildman–Crippen MR) is 113 cm³/mol. The summed E-state index contributed by atoms with van der Waals surface area (Å²) in [5.41, 5.74) is 15.5. The topological polar surface area (TPSA) is 16.1 Å². The van der Waals surface area contributed by atoms with Gasteiger partial charge in [0.05, 0.1) is 17.1 Å². The number of pyridine rings is 1. The van der Waals surface area contributed by atoms with Crippen LogP contribution in [-0.4, -0.2) is 4.98 Å². The van der Waals surface area contributed by atoms with E-state index in [2.05, 4.69) is 70.5 Å². The maximum atomic E-state index is 4.39. The number of hydrogen-bond donors (Lipinski definition) is 0. The van der Waals surface area contributed by atoms with Crippen molar-refractivity contribution in [1.82, 2.24) is 4.98 Å². The van der Waals surface area contributed by atoms with Crippen molar-refractivity contribution < 1.29 is 0 Å². The van der Waals surface area contributed by atoms with Crippen molar-refractivity contribution in [3.8, 4) is 11.1 Å². The van der Waals surface area contributed by atoms with Gasteiger partial charge in [-0.25, -0.2) is 0 Å². The highest BCUT2D eigenvalue weighted by Gasteiger charge is 2.34. The fraction of sp³-hybridized carbons (Fsp3) is 0.115. The molecule has 0 atom stereocenters. The Kier molecular flexibility index (Phi) is 2.67. The molecular weight excluding hydrogens is 340 g/mol. The first-order valence-corrected chi connectivity index (χ1v) is 9.95. The molecule has 0 spiro atoms. The third kappa shape index (κ3) is 1.75. The van der Waals surface area contributed by atoms with Crippen LogP contribution in [0.1, 0.15) is 33.4 Å². The van der Waals surface area contributed by atoms with Crippen LogP contribution in [0.2, 0.25) is 0 Å². The maximum absolute atomic E-state index is 4.39. The summed E-state index contributed by atoms with van der Waals surface area (Å²) in [6.07, 6.45) is 6.98. The Morgan fingerprint density at radius 3 is 2.39 bits per heavy atom. The molecule has 0 bridgehead atoms. The van der Waals surface area contributed by atoms with Crippen molar-refractivity contribution in [3.05, 3.63) is 106 Å². The van der Waals surface area contributed by atoms with Crippen LogP contribution in [0.3, 0.4) is 0 Å². The van der Waals surface area contributed by atoms with Gasteiger partial charge in [-0.2, -0.15) is 0 Å². The number of hydrogen-bond acceptors (Lipinski definition) is 2. The number of rotatable bonds is 0. The number of fused-ring (bicyclic) bond motifs is 8. The minimum atomic E-state index is 0.967. The summed E-state index contributed by atoms with van der Waals surface area (Å²) < 4.78 is 0. The molecule has 4 aromatic rings. The van der Waals surface area contributed by atoms with Crippen LogP contribution in [0.25, 0.3) is 11.1 Å². The Morgan fingerprint density at radius 2 is 1.43 bits per heavy atom. The number of aromatic nitrogens is 1. The molecule has 7 rings (SSSR count). The van der Waals surface area contributed by atoms with Crippen LogP contribution in [-0.2, 0) is 19.3 Å². The van der Waals surface area contributed by atoms with Crippen LogP contribution < -0.4 is 4.90 Å². The molecule has 3 heterocycles. The lowest BCUT2D eigenvalue weighted by Gasteiger charge is -2.39. The van der Waals surface area contributed by atoms with Crippen LogP contribution in [0.15, 0.2) is 73.1 Å². The highest BCUT2D eigenvalue weighted by atomic mass is 15.2. The number of para-hydroxylation sites is 1. The highest BCUT2D eigenvalue weighted by Crippen LogP contribution is 2.53. The Bertz CT molecular complexity index is 1300. The second-order valence-electron chi connectivity index (χ2n) is 8.04. The summed E-state index contributed by atoms with van der Waals surface area (Å²) in [5.74, 6) is 0. The van der Waals surface area contributed by atoms with Crippen molar-refractivity contribution in [1.29, 1.82) is 0 Å². The lowest BCUT2D eigenvalue weighted by Crippen LogP contribution is -2.25. The third-order valence-corrected chi connectivity index (χ3v) is 6.62. The van der Waals surface area contributed by atoms with E-state index in [-0.39, 0.29) is 0 Å². The average Bonchev–Trinajstić information content (AvgIpc) is 3.13. The molecule has 28 heavy (non-hydrogen) atoms. The number of anilines is 3. The van der Waals surface area contributed by atoms with Gasteiger partial charge < -0.3 is 4.90 Å². The van der Waals surface area contributed by atoms with Crippen molar-refractivity contribution in [3.63, 3.8) is 0 Å². The van der Waals surface area contributed by atoms with Crippen LogP contribution in [0.5, 0.6) is 0 Å². The Labute approximate surface area is 164 Å². The summed E-state index contributed by atoms with van der Waals surface area (Å²) in [6, 6.07) is 22.5. The fourth-order valence-corrected chi connectivity index (χ4v) is 5.43. The summed E-state index contributed by atoms with van der Waals surface area (Å²) in [6.45, 7) is 0. The lowest BCUT2D eigenvalue weighted by molar-refractivity contribution is 0.988. The first kappa shape index (κ1) is 14.6. The molecule has 3 aromatic carbocycles. The van der Waals surface area contributed by atoms with E-state index >= 15 is 0 Å². The normalized spacial score (nSPS) is 14.6. The fourth-order valence-electron chi connectivity index (χ4n) is 5.43. The Balaban J connectivity index is 1.52. The minimum Gasteiger partial charge on any atom is -0.309 e. The van der Waals surface area contributed by atoms with Gasteiger partial charge in [0, 0.05) is 25.2 Å². The van der Waals surface area contributed by atoms with Gasteiger partial charge in [0.15, 0.2) is 0 Å². The summed E-state index contributed by atoms with van der Waals surface area (Å²) in [7, 11) is 0. The van der Waals surface area contributed by atoms with E-state index in [1.54, 1.807) is 0 Å². The van der Waals surface area contributed by atoms with Crippen molar-refractivity contribution in [2.24, 2.45) is 0 Å². The molecule has 2 aliphatic heterocycles. The van der Waals surface area contributed by atoms with Crippen molar-refractivity contribution >= 4 is 17.1 Å². The molecule has 2 nitrogen and oxygen atoms in total. The minimum absolute atomic E-state index is 0.967. The number of benzene rings is 3. The van der Waals surface area contributed by atoms with Gasteiger partial charge in [0.25, 0.3) is 0 Å². The van der Waals surface area contributed by atoms with Gasteiger partial charge >= 0.3 is 0 Å². The Hall–Kier alpha value is -3.39. The average molecular weight is 358 g/mol.